The van der Waals surface area contributed by atoms with Gasteiger partial charge in [0, 0.05) is 30.0 Å². The summed E-state index contributed by atoms with van der Waals surface area (Å²) in [6.45, 7) is 1.57. The van der Waals surface area contributed by atoms with Gasteiger partial charge in [-0.2, -0.15) is 10.2 Å². The zero-order valence-electron chi connectivity index (χ0n) is 17.8. The number of carbonyl (C=O) groups is 1. The van der Waals surface area contributed by atoms with Crippen molar-refractivity contribution in [1.82, 2.24) is 20.1 Å². The Morgan fingerprint density at radius 1 is 1.19 bits per heavy atom. The van der Waals surface area contributed by atoms with Crippen molar-refractivity contribution in [3.63, 3.8) is 0 Å². The zero-order valence-corrected chi connectivity index (χ0v) is 17.8. The van der Waals surface area contributed by atoms with Gasteiger partial charge in [0.15, 0.2) is 11.7 Å². The molecular formula is C24H27FN4O2. The van der Waals surface area contributed by atoms with E-state index in [0.717, 1.165) is 48.6 Å². The molecule has 1 aromatic carbocycles. The first-order valence-corrected chi connectivity index (χ1v) is 11.2. The van der Waals surface area contributed by atoms with Crippen molar-refractivity contribution in [3.05, 3.63) is 42.0 Å². The SMILES string of the molecule is Cc1ncc(-c2ccc3nnc(CC(=O)N4[C@@H]5CC[C@H]4CC(CCCF)C5)cc3c2)o1. The summed E-state index contributed by atoms with van der Waals surface area (Å²) >= 11 is 0. The fourth-order valence-electron chi connectivity index (χ4n) is 5.37. The van der Waals surface area contributed by atoms with Gasteiger partial charge in [0.25, 0.3) is 0 Å². The van der Waals surface area contributed by atoms with Crippen LogP contribution in [0.5, 0.6) is 0 Å². The number of oxazole rings is 1. The first-order valence-electron chi connectivity index (χ1n) is 11.2. The van der Waals surface area contributed by atoms with Crippen LogP contribution in [0.15, 0.2) is 34.9 Å². The lowest BCUT2D eigenvalue weighted by molar-refractivity contribution is -0.135. The highest BCUT2D eigenvalue weighted by Crippen LogP contribution is 2.40. The second-order valence-corrected chi connectivity index (χ2v) is 8.88. The number of fused-ring (bicyclic) bond motifs is 3. The molecule has 1 amide bonds. The number of alkyl halides is 1. The highest BCUT2D eigenvalue weighted by atomic mass is 19.1. The van der Waals surface area contributed by atoms with Crippen molar-refractivity contribution in [3.8, 4) is 11.3 Å². The van der Waals surface area contributed by atoms with Gasteiger partial charge in [0.05, 0.1) is 30.5 Å². The van der Waals surface area contributed by atoms with Crippen LogP contribution in [0.4, 0.5) is 4.39 Å². The van der Waals surface area contributed by atoms with Crippen LogP contribution in [0.1, 0.15) is 50.1 Å². The van der Waals surface area contributed by atoms with Crippen molar-refractivity contribution in [1.29, 1.82) is 0 Å². The minimum atomic E-state index is -0.243. The molecule has 6 nitrogen and oxygen atoms in total. The van der Waals surface area contributed by atoms with Crippen LogP contribution in [0.2, 0.25) is 0 Å². The lowest BCUT2D eigenvalue weighted by atomic mass is 9.87. The molecule has 2 fully saturated rings. The predicted octanol–water partition coefficient (Wildman–Crippen LogP) is 4.66. The second-order valence-electron chi connectivity index (χ2n) is 8.88. The number of piperidine rings is 1. The quantitative estimate of drug-likeness (QED) is 0.578. The molecule has 0 N–H and O–H groups in total. The Kier molecular flexibility index (Phi) is 5.42. The molecule has 0 radical (unpaired) electrons. The summed E-state index contributed by atoms with van der Waals surface area (Å²) < 4.78 is 18.2. The maximum absolute atomic E-state index is 13.2. The number of rotatable bonds is 6. The van der Waals surface area contributed by atoms with Crippen LogP contribution in [0.25, 0.3) is 22.2 Å². The van der Waals surface area contributed by atoms with E-state index in [0.29, 0.717) is 41.8 Å². The van der Waals surface area contributed by atoms with E-state index in [1.54, 1.807) is 6.20 Å². The van der Waals surface area contributed by atoms with Gasteiger partial charge >= 0.3 is 0 Å². The molecule has 2 aliphatic heterocycles. The summed E-state index contributed by atoms with van der Waals surface area (Å²) in [7, 11) is 0. The first-order chi connectivity index (χ1) is 15.1. The Labute approximate surface area is 180 Å². The Morgan fingerprint density at radius 3 is 2.71 bits per heavy atom. The Morgan fingerprint density at radius 2 is 2.00 bits per heavy atom. The highest BCUT2D eigenvalue weighted by molar-refractivity contribution is 5.85. The third kappa shape index (κ3) is 4.05. The molecule has 2 aromatic heterocycles. The van der Waals surface area contributed by atoms with Gasteiger partial charge < -0.3 is 9.32 Å². The van der Waals surface area contributed by atoms with E-state index < -0.39 is 0 Å². The van der Waals surface area contributed by atoms with Crippen LogP contribution < -0.4 is 0 Å². The summed E-state index contributed by atoms with van der Waals surface area (Å²) in [5.74, 6) is 2.02. The zero-order chi connectivity index (χ0) is 21.4. The fraction of sp³-hybridized carbons (Fsp3) is 0.500. The minimum Gasteiger partial charge on any atom is -0.441 e. The van der Waals surface area contributed by atoms with E-state index in [1.165, 1.54) is 0 Å². The third-order valence-corrected chi connectivity index (χ3v) is 6.74. The fourth-order valence-corrected chi connectivity index (χ4v) is 5.37. The topological polar surface area (TPSA) is 72.1 Å². The normalized spacial score (nSPS) is 22.9. The Balaban J connectivity index is 1.31. The van der Waals surface area contributed by atoms with Crippen LogP contribution in [-0.2, 0) is 11.2 Å². The summed E-state index contributed by atoms with van der Waals surface area (Å²) in [4.78, 5) is 19.4. The molecule has 31 heavy (non-hydrogen) atoms. The molecule has 5 rings (SSSR count). The van der Waals surface area contributed by atoms with Gasteiger partial charge in [0.2, 0.25) is 5.91 Å². The van der Waals surface area contributed by atoms with E-state index >= 15 is 0 Å². The van der Waals surface area contributed by atoms with E-state index in [-0.39, 0.29) is 19.0 Å². The smallest absolute Gasteiger partial charge is 0.229 e. The van der Waals surface area contributed by atoms with Gasteiger partial charge in [-0.15, -0.1) is 0 Å². The number of hydrogen-bond donors (Lipinski definition) is 0. The standard InChI is InChI=1S/C24H27FN4O2/c1-15-26-14-23(31-15)17-4-7-22-18(11-17)12-19(27-28-22)13-24(30)29-20-5-6-21(29)10-16(9-20)3-2-8-25/h4,7,11-12,14,16,20-21H,2-3,5-6,8-10,13H2,1H3/t16?,20-,21+. The number of amides is 1. The van der Waals surface area contributed by atoms with Crippen molar-refractivity contribution in [2.45, 2.75) is 64.0 Å². The molecule has 2 bridgehead atoms. The number of aryl methyl sites for hydroxylation is 1. The van der Waals surface area contributed by atoms with Gasteiger partial charge in [-0.3, -0.25) is 9.18 Å². The largest absolute Gasteiger partial charge is 0.441 e. The molecule has 2 saturated heterocycles. The van der Waals surface area contributed by atoms with Crippen LogP contribution >= 0.6 is 0 Å². The van der Waals surface area contributed by atoms with Crippen molar-refractivity contribution in [2.24, 2.45) is 5.92 Å². The molecule has 1 unspecified atom stereocenters. The average Bonchev–Trinajstić information content (AvgIpc) is 3.32. The Bertz CT molecular complexity index is 1080. The Hall–Kier alpha value is -2.83. The summed E-state index contributed by atoms with van der Waals surface area (Å²) in [5.41, 5.74) is 2.39. The third-order valence-electron chi connectivity index (χ3n) is 6.74. The van der Waals surface area contributed by atoms with Crippen molar-refractivity contribution in [2.75, 3.05) is 6.67 Å². The summed E-state index contributed by atoms with van der Waals surface area (Å²) in [6.07, 6.45) is 7.68. The number of halogens is 1. The molecule has 3 aromatic rings. The van der Waals surface area contributed by atoms with E-state index in [2.05, 4.69) is 20.1 Å². The minimum absolute atomic E-state index is 0.132. The molecule has 0 spiro atoms. The predicted molar refractivity (Wildman–Crippen MR) is 115 cm³/mol. The molecule has 0 aliphatic carbocycles. The molecule has 7 heteroatoms. The maximum atomic E-state index is 13.2. The lowest BCUT2D eigenvalue weighted by Gasteiger charge is -2.39. The number of nitrogens with zero attached hydrogens (tertiary/aromatic N) is 4. The van der Waals surface area contributed by atoms with Crippen LogP contribution in [0.3, 0.4) is 0 Å². The monoisotopic (exact) mass is 422 g/mol. The molecule has 3 atom stereocenters. The molecular weight excluding hydrogens is 395 g/mol. The average molecular weight is 423 g/mol. The summed E-state index contributed by atoms with van der Waals surface area (Å²) in [6, 6.07) is 8.38. The molecule has 4 heterocycles. The van der Waals surface area contributed by atoms with Gasteiger partial charge in [-0.25, -0.2) is 4.98 Å². The highest BCUT2D eigenvalue weighted by Gasteiger charge is 2.42. The molecule has 0 saturated carbocycles. The maximum Gasteiger partial charge on any atom is 0.229 e. The van der Waals surface area contributed by atoms with Gasteiger partial charge in [-0.1, -0.05) is 0 Å². The van der Waals surface area contributed by atoms with E-state index in [1.807, 2.05) is 31.2 Å². The van der Waals surface area contributed by atoms with E-state index in [9.17, 15) is 9.18 Å². The van der Waals surface area contributed by atoms with Crippen molar-refractivity contribution < 1.29 is 13.6 Å². The number of hydrogen-bond acceptors (Lipinski definition) is 5. The van der Waals surface area contributed by atoms with E-state index in [4.69, 9.17) is 4.42 Å². The molecule has 162 valence electrons. The van der Waals surface area contributed by atoms with Crippen LogP contribution in [0, 0.1) is 12.8 Å². The first kappa shape index (κ1) is 20.1. The van der Waals surface area contributed by atoms with Gasteiger partial charge in [0.1, 0.15) is 0 Å². The number of benzene rings is 1. The second kappa shape index (κ2) is 8.36. The van der Waals surface area contributed by atoms with Gasteiger partial charge in [-0.05, 0) is 68.7 Å². The number of carbonyl (C=O) groups excluding carboxylic acids is 1. The van der Waals surface area contributed by atoms with Crippen molar-refractivity contribution >= 4 is 16.8 Å². The lowest BCUT2D eigenvalue weighted by Crippen LogP contribution is -2.47. The molecule has 2 aliphatic rings. The summed E-state index contributed by atoms with van der Waals surface area (Å²) in [5, 5.41) is 9.54. The number of aromatic nitrogens is 3. The van der Waals surface area contributed by atoms with Crippen LogP contribution in [-0.4, -0.2) is 44.7 Å².